The van der Waals surface area contributed by atoms with Crippen LogP contribution in [0.4, 0.5) is 0 Å². The number of allylic oxidation sites excluding steroid dienone is 1. The Balaban J connectivity index is 2.06. The minimum Gasteiger partial charge on any atom is -0.303 e. The molecule has 1 N–H and O–H groups in total. The van der Waals surface area contributed by atoms with Gasteiger partial charge in [0.1, 0.15) is 0 Å². The van der Waals surface area contributed by atoms with Crippen LogP contribution in [0.2, 0.25) is 0 Å². The molecule has 1 unspecified atom stereocenters. The summed E-state index contributed by atoms with van der Waals surface area (Å²) in [6.07, 6.45) is 3.33. The molecule has 1 heterocycles. The molecule has 0 spiro atoms. The molecule has 1 aliphatic carbocycles. The van der Waals surface area contributed by atoms with Gasteiger partial charge in [-0.15, -0.1) is 10.2 Å². The summed E-state index contributed by atoms with van der Waals surface area (Å²) in [6, 6.07) is 0. The van der Waals surface area contributed by atoms with Gasteiger partial charge in [0, 0.05) is 5.87 Å². The van der Waals surface area contributed by atoms with Gasteiger partial charge in [-0.1, -0.05) is 32.5 Å². The molecule has 0 aromatic carbocycles. The maximum atomic E-state index is 11.0. The first kappa shape index (κ1) is 13.4. The molecule has 1 saturated heterocycles. The van der Waals surface area contributed by atoms with Gasteiger partial charge in [0.25, 0.3) is 0 Å². The molecule has 0 aromatic rings. The quantitative estimate of drug-likeness (QED) is 0.585. The van der Waals surface area contributed by atoms with Crippen molar-refractivity contribution in [1.29, 1.82) is 0 Å². The molecule has 0 radical (unpaired) electrons. The number of rotatable bonds is 1. The van der Waals surface area contributed by atoms with E-state index in [0.29, 0.717) is 22.3 Å². The lowest BCUT2D eigenvalue weighted by molar-refractivity contribution is -0.116. The topological polar surface area (TPSA) is 53.8 Å². The molecule has 1 saturated carbocycles. The third kappa shape index (κ3) is 3.72. The SMILES string of the molecule is CC1CC(=C=N/N=C2\NC(=O)CS2)CC(C)(C)C1. The molecule has 2 rings (SSSR count). The van der Waals surface area contributed by atoms with Crippen molar-refractivity contribution in [3.05, 3.63) is 5.57 Å². The fourth-order valence-electron chi connectivity index (χ4n) is 2.76. The van der Waals surface area contributed by atoms with Crippen LogP contribution in [0.3, 0.4) is 0 Å². The second kappa shape index (κ2) is 5.29. The van der Waals surface area contributed by atoms with Gasteiger partial charge in [-0.25, -0.2) is 0 Å². The average Bonchev–Trinajstić information content (AvgIpc) is 2.61. The number of thioether (sulfide) groups is 1. The zero-order chi connectivity index (χ0) is 13.2. The maximum absolute atomic E-state index is 11.0. The van der Waals surface area contributed by atoms with Crippen molar-refractivity contribution in [2.75, 3.05) is 5.75 Å². The highest BCUT2D eigenvalue weighted by Crippen LogP contribution is 2.40. The molecule has 0 aromatic heterocycles. The summed E-state index contributed by atoms with van der Waals surface area (Å²) in [5.41, 5.74) is 1.57. The molecule has 5 heteroatoms. The zero-order valence-corrected chi connectivity index (χ0v) is 11.9. The summed E-state index contributed by atoms with van der Waals surface area (Å²) in [7, 11) is 0. The molecule has 1 atom stereocenters. The summed E-state index contributed by atoms with van der Waals surface area (Å²) >= 11 is 1.38. The van der Waals surface area contributed by atoms with Crippen molar-refractivity contribution < 1.29 is 4.79 Å². The molecule has 18 heavy (non-hydrogen) atoms. The first-order valence-corrected chi connectivity index (χ1v) is 7.24. The normalized spacial score (nSPS) is 29.1. The van der Waals surface area contributed by atoms with Gasteiger partial charge in [-0.05, 0) is 36.2 Å². The number of hydrogen-bond donors (Lipinski definition) is 1. The summed E-state index contributed by atoms with van der Waals surface area (Å²) < 4.78 is 0. The van der Waals surface area contributed by atoms with E-state index in [2.05, 4.69) is 42.2 Å². The van der Waals surface area contributed by atoms with Crippen LogP contribution in [0.1, 0.15) is 40.0 Å². The number of amides is 1. The van der Waals surface area contributed by atoms with Crippen LogP contribution in [-0.4, -0.2) is 22.7 Å². The summed E-state index contributed by atoms with van der Waals surface area (Å²) in [5, 5.41) is 11.2. The Kier molecular flexibility index (Phi) is 3.93. The molecule has 0 bridgehead atoms. The van der Waals surface area contributed by atoms with Gasteiger partial charge >= 0.3 is 0 Å². The first-order chi connectivity index (χ1) is 8.44. The van der Waals surface area contributed by atoms with E-state index in [1.165, 1.54) is 23.8 Å². The van der Waals surface area contributed by atoms with Crippen LogP contribution >= 0.6 is 11.8 Å². The minimum absolute atomic E-state index is 0.00553. The maximum Gasteiger partial charge on any atom is 0.236 e. The summed E-state index contributed by atoms with van der Waals surface area (Å²) in [5.74, 6) is 4.15. The smallest absolute Gasteiger partial charge is 0.236 e. The van der Waals surface area contributed by atoms with Gasteiger partial charge in [0.15, 0.2) is 5.17 Å². The van der Waals surface area contributed by atoms with Gasteiger partial charge < -0.3 is 5.32 Å². The first-order valence-electron chi connectivity index (χ1n) is 6.26. The van der Waals surface area contributed by atoms with Gasteiger partial charge in [0.2, 0.25) is 5.91 Å². The Morgan fingerprint density at radius 3 is 2.89 bits per heavy atom. The van der Waals surface area contributed by atoms with Crippen LogP contribution < -0.4 is 5.32 Å². The second-order valence-corrected chi connectivity index (χ2v) is 6.88. The lowest BCUT2D eigenvalue weighted by Gasteiger charge is -2.34. The number of carbonyl (C=O) groups is 1. The van der Waals surface area contributed by atoms with E-state index >= 15 is 0 Å². The van der Waals surface area contributed by atoms with Gasteiger partial charge in [-0.2, -0.15) is 0 Å². The van der Waals surface area contributed by atoms with Crippen molar-refractivity contribution in [2.24, 2.45) is 21.5 Å². The van der Waals surface area contributed by atoms with Crippen molar-refractivity contribution >= 4 is 28.7 Å². The summed E-state index contributed by atoms with van der Waals surface area (Å²) in [6.45, 7) is 6.83. The number of amidine groups is 1. The van der Waals surface area contributed by atoms with Crippen molar-refractivity contribution in [3.8, 4) is 0 Å². The molecular weight excluding hydrogens is 246 g/mol. The lowest BCUT2D eigenvalue weighted by Crippen LogP contribution is -2.22. The van der Waals surface area contributed by atoms with Crippen molar-refractivity contribution in [3.63, 3.8) is 0 Å². The molecule has 1 amide bonds. The number of hydrogen-bond acceptors (Lipinski definition) is 4. The Hall–Kier alpha value is -1.06. The fourth-order valence-corrected chi connectivity index (χ4v) is 3.39. The highest BCUT2D eigenvalue weighted by molar-refractivity contribution is 8.15. The number of nitrogens with one attached hydrogen (secondary N) is 1. The van der Waals surface area contributed by atoms with Crippen LogP contribution in [0, 0.1) is 11.3 Å². The van der Waals surface area contributed by atoms with E-state index in [-0.39, 0.29) is 5.91 Å². The molecule has 2 aliphatic rings. The molecule has 1 aliphatic heterocycles. The third-order valence-corrected chi connectivity index (χ3v) is 3.99. The van der Waals surface area contributed by atoms with Crippen LogP contribution in [0.15, 0.2) is 15.8 Å². The van der Waals surface area contributed by atoms with E-state index < -0.39 is 0 Å². The Morgan fingerprint density at radius 2 is 2.28 bits per heavy atom. The van der Waals surface area contributed by atoms with E-state index in [0.717, 1.165) is 12.8 Å². The van der Waals surface area contributed by atoms with Crippen molar-refractivity contribution in [1.82, 2.24) is 5.32 Å². The Morgan fingerprint density at radius 1 is 1.50 bits per heavy atom. The Bertz CT molecular complexity index is 447. The summed E-state index contributed by atoms with van der Waals surface area (Å²) in [4.78, 5) is 11.0. The van der Waals surface area contributed by atoms with E-state index in [4.69, 9.17) is 0 Å². The standard InChI is InChI=1S/C13H19N3OS/c1-9-4-10(6-13(2,3)5-9)7-14-16-12-15-11(17)8-18-12/h9H,4-6,8H2,1-3H3,(H,15,16,17). The predicted molar refractivity (Wildman–Crippen MR) is 75.8 cm³/mol. The fraction of sp³-hybridized carbons (Fsp3) is 0.692. The average molecular weight is 265 g/mol. The Labute approximate surface area is 112 Å². The van der Waals surface area contributed by atoms with E-state index in [1.807, 2.05) is 0 Å². The largest absolute Gasteiger partial charge is 0.303 e. The molecule has 98 valence electrons. The predicted octanol–water partition coefficient (Wildman–Crippen LogP) is 2.56. The molecule has 2 fully saturated rings. The van der Waals surface area contributed by atoms with Crippen molar-refractivity contribution in [2.45, 2.75) is 40.0 Å². The van der Waals surface area contributed by atoms with Crippen LogP contribution in [-0.2, 0) is 4.79 Å². The van der Waals surface area contributed by atoms with Gasteiger partial charge in [0.05, 0.1) is 5.75 Å². The number of carbonyl (C=O) groups excluding carboxylic acids is 1. The molecule has 4 nitrogen and oxygen atoms in total. The van der Waals surface area contributed by atoms with E-state index in [1.54, 1.807) is 0 Å². The number of nitrogens with zero attached hydrogens (tertiary/aromatic N) is 2. The lowest BCUT2D eigenvalue weighted by atomic mass is 9.71. The zero-order valence-electron chi connectivity index (χ0n) is 11.1. The highest BCUT2D eigenvalue weighted by Gasteiger charge is 2.28. The third-order valence-electron chi connectivity index (χ3n) is 3.12. The van der Waals surface area contributed by atoms with E-state index in [9.17, 15) is 4.79 Å². The van der Waals surface area contributed by atoms with Gasteiger partial charge in [-0.3, -0.25) is 4.79 Å². The van der Waals surface area contributed by atoms with Crippen LogP contribution in [0.5, 0.6) is 0 Å². The van der Waals surface area contributed by atoms with Crippen LogP contribution in [0.25, 0.3) is 0 Å². The highest BCUT2D eigenvalue weighted by atomic mass is 32.2. The molecular formula is C13H19N3OS. The monoisotopic (exact) mass is 265 g/mol. The second-order valence-electron chi connectivity index (χ2n) is 5.91. The minimum atomic E-state index is -0.00553.